The van der Waals surface area contributed by atoms with Crippen LogP contribution in [0.3, 0.4) is 0 Å². The topological polar surface area (TPSA) is 3.24 Å². The predicted octanol–water partition coefficient (Wildman–Crippen LogP) is 5.87. The van der Waals surface area contributed by atoms with E-state index in [2.05, 4.69) is 92.7 Å². The summed E-state index contributed by atoms with van der Waals surface area (Å²) in [6, 6.07) is 15.1. The number of allylic oxidation sites excluding steroid dienone is 3. The van der Waals surface area contributed by atoms with Gasteiger partial charge in [0, 0.05) is 18.4 Å². The summed E-state index contributed by atoms with van der Waals surface area (Å²) >= 11 is 0. The molecule has 1 nitrogen and oxygen atoms in total. The van der Waals surface area contributed by atoms with Crippen LogP contribution in [0.2, 0.25) is 0 Å². The zero-order valence-electron chi connectivity index (χ0n) is 14.4. The molecule has 2 aromatic rings. The lowest BCUT2D eigenvalue weighted by molar-refractivity contribution is 0.474. The molecule has 0 fully saturated rings. The van der Waals surface area contributed by atoms with Crippen LogP contribution in [0.25, 0.3) is 11.6 Å². The van der Waals surface area contributed by atoms with Gasteiger partial charge in [-0.05, 0) is 47.8 Å². The number of nitrogens with zero attached hydrogens (tertiary/aromatic N) is 1. The zero-order chi connectivity index (χ0) is 17.1. The van der Waals surface area contributed by atoms with Gasteiger partial charge in [-0.3, -0.25) is 0 Å². The number of hydrogen-bond donors (Lipinski definition) is 0. The van der Waals surface area contributed by atoms with Gasteiger partial charge in [-0.25, -0.2) is 0 Å². The normalized spacial score (nSPS) is 13.8. The molecule has 0 aliphatic carbocycles. The quantitative estimate of drug-likeness (QED) is 0.682. The van der Waals surface area contributed by atoms with Crippen LogP contribution in [-0.2, 0) is 6.54 Å². The van der Waals surface area contributed by atoms with Gasteiger partial charge in [0.05, 0.1) is 0 Å². The highest BCUT2D eigenvalue weighted by Gasteiger charge is 2.11. The third kappa shape index (κ3) is 3.41. The summed E-state index contributed by atoms with van der Waals surface area (Å²) in [5.41, 5.74) is 8.43. The molecule has 24 heavy (non-hydrogen) atoms. The van der Waals surface area contributed by atoms with Crippen molar-refractivity contribution in [1.82, 2.24) is 4.90 Å². The summed E-state index contributed by atoms with van der Waals surface area (Å²) in [5.74, 6) is 0. The van der Waals surface area contributed by atoms with Crippen molar-refractivity contribution < 1.29 is 0 Å². The maximum absolute atomic E-state index is 4.17. The summed E-state index contributed by atoms with van der Waals surface area (Å²) in [7, 11) is 0. The second kappa shape index (κ2) is 6.76. The van der Waals surface area contributed by atoms with E-state index in [1.807, 2.05) is 6.08 Å². The lowest BCUT2D eigenvalue weighted by Crippen LogP contribution is -2.17. The minimum absolute atomic E-state index is 0.831. The Balaban J connectivity index is 1.89. The fourth-order valence-electron chi connectivity index (χ4n) is 2.98. The van der Waals surface area contributed by atoms with Gasteiger partial charge >= 0.3 is 0 Å². The summed E-state index contributed by atoms with van der Waals surface area (Å²) in [6.45, 7) is 13.1. The van der Waals surface area contributed by atoms with Crippen molar-refractivity contribution in [3.05, 3.63) is 107 Å². The van der Waals surface area contributed by atoms with Gasteiger partial charge in [-0.15, -0.1) is 0 Å². The minimum Gasteiger partial charge on any atom is -0.343 e. The molecule has 0 saturated heterocycles. The van der Waals surface area contributed by atoms with E-state index >= 15 is 0 Å². The average Bonchev–Trinajstić information content (AvgIpc) is 2.57. The number of aryl methyl sites for hydroxylation is 2. The Hall–Kier alpha value is -2.80. The van der Waals surface area contributed by atoms with E-state index in [9.17, 15) is 0 Å². The molecule has 3 rings (SSSR count). The van der Waals surface area contributed by atoms with Crippen LogP contribution in [0, 0.1) is 13.8 Å². The molecular formula is C23H23N. The molecule has 1 heteroatoms. The summed E-state index contributed by atoms with van der Waals surface area (Å²) in [6.07, 6.45) is 8.31. The number of benzene rings is 2. The third-order valence-corrected chi connectivity index (χ3v) is 4.38. The molecule has 0 radical (unpaired) electrons. The molecule has 0 saturated carbocycles. The lowest BCUT2D eigenvalue weighted by atomic mass is 9.98. The Kier molecular flexibility index (Phi) is 4.52. The van der Waals surface area contributed by atoms with Crippen molar-refractivity contribution in [2.24, 2.45) is 0 Å². The molecule has 2 aromatic carbocycles. The van der Waals surface area contributed by atoms with Gasteiger partial charge in [-0.1, -0.05) is 73.3 Å². The molecule has 0 bridgehead atoms. The molecule has 1 aliphatic heterocycles. The van der Waals surface area contributed by atoms with Crippen LogP contribution >= 0.6 is 0 Å². The first kappa shape index (κ1) is 16.1. The highest BCUT2D eigenvalue weighted by molar-refractivity contribution is 5.77. The Morgan fingerprint density at radius 2 is 1.88 bits per heavy atom. The molecule has 0 atom stereocenters. The Morgan fingerprint density at radius 3 is 2.58 bits per heavy atom. The first-order chi connectivity index (χ1) is 11.6. The molecular weight excluding hydrogens is 290 g/mol. The van der Waals surface area contributed by atoms with Crippen molar-refractivity contribution in [2.75, 3.05) is 0 Å². The number of hydrogen-bond acceptors (Lipinski definition) is 1. The first-order valence-electron chi connectivity index (χ1n) is 8.21. The second-order valence-electron chi connectivity index (χ2n) is 6.30. The van der Waals surface area contributed by atoms with Gasteiger partial charge < -0.3 is 4.90 Å². The van der Waals surface area contributed by atoms with Crippen LogP contribution in [0.4, 0.5) is 0 Å². The highest BCUT2D eigenvalue weighted by atomic mass is 15.1. The molecule has 0 amide bonds. The second-order valence-corrected chi connectivity index (χ2v) is 6.30. The Labute approximate surface area is 144 Å². The van der Waals surface area contributed by atoms with Gasteiger partial charge in [-0.2, -0.15) is 0 Å². The van der Waals surface area contributed by atoms with Crippen LogP contribution in [-0.4, -0.2) is 4.90 Å². The first-order valence-corrected chi connectivity index (χ1v) is 8.21. The Morgan fingerprint density at radius 1 is 1.04 bits per heavy atom. The molecule has 0 unspecified atom stereocenters. The maximum atomic E-state index is 4.17. The summed E-state index contributed by atoms with van der Waals surface area (Å²) in [4.78, 5) is 2.21. The van der Waals surface area contributed by atoms with Crippen molar-refractivity contribution in [1.29, 1.82) is 0 Å². The van der Waals surface area contributed by atoms with Crippen molar-refractivity contribution >= 4 is 11.6 Å². The minimum atomic E-state index is 0.831. The van der Waals surface area contributed by atoms with Crippen LogP contribution in [0.1, 0.15) is 27.8 Å². The summed E-state index contributed by atoms with van der Waals surface area (Å²) < 4.78 is 0. The van der Waals surface area contributed by atoms with Gasteiger partial charge in [0.2, 0.25) is 0 Å². The molecule has 1 aliphatic rings. The number of rotatable bonds is 4. The monoisotopic (exact) mass is 313 g/mol. The van der Waals surface area contributed by atoms with Gasteiger partial charge in [0.1, 0.15) is 0 Å². The van der Waals surface area contributed by atoms with E-state index < -0.39 is 0 Å². The lowest BCUT2D eigenvalue weighted by Gasteiger charge is -2.26. The molecule has 120 valence electrons. The smallest absolute Gasteiger partial charge is 0.0476 e. The van der Waals surface area contributed by atoms with Crippen LogP contribution in [0.5, 0.6) is 0 Å². The molecule has 0 spiro atoms. The fourth-order valence-corrected chi connectivity index (χ4v) is 2.98. The van der Waals surface area contributed by atoms with Gasteiger partial charge in [0.15, 0.2) is 0 Å². The third-order valence-electron chi connectivity index (χ3n) is 4.38. The fraction of sp³-hybridized carbons (Fsp3) is 0.130. The van der Waals surface area contributed by atoms with E-state index in [4.69, 9.17) is 0 Å². The predicted molar refractivity (Wildman–Crippen MR) is 104 cm³/mol. The highest BCUT2D eigenvalue weighted by Crippen LogP contribution is 2.27. The SMILES string of the molecule is C=Cc1ccc(C2=CN(Cc3cccc(C)c3)C(=C)C=C2)cc1C. The molecule has 0 N–H and O–H groups in total. The molecule has 0 aromatic heterocycles. The van der Waals surface area contributed by atoms with E-state index in [1.54, 1.807) is 0 Å². The van der Waals surface area contributed by atoms with Crippen LogP contribution < -0.4 is 0 Å². The van der Waals surface area contributed by atoms with Crippen molar-refractivity contribution in [3.8, 4) is 0 Å². The standard InChI is InChI=1S/C23H23N/c1-5-21-11-12-22(14-18(21)3)23-10-9-19(4)24(16-23)15-20-8-6-7-17(2)13-20/h5-14,16H,1,4,15H2,2-3H3. The van der Waals surface area contributed by atoms with E-state index in [1.165, 1.54) is 33.4 Å². The van der Waals surface area contributed by atoms with E-state index in [-0.39, 0.29) is 0 Å². The largest absolute Gasteiger partial charge is 0.343 e. The van der Waals surface area contributed by atoms with Crippen LogP contribution in [0.15, 0.2) is 79.7 Å². The zero-order valence-corrected chi connectivity index (χ0v) is 14.4. The van der Waals surface area contributed by atoms with Gasteiger partial charge in [0.25, 0.3) is 0 Å². The summed E-state index contributed by atoms with van der Waals surface area (Å²) in [5, 5.41) is 0. The molecule has 1 heterocycles. The average molecular weight is 313 g/mol. The van der Waals surface area contributed by atoms with Crippen molar-refractivity contribution in [3.63, 3.8) is 0 Å². The maximum Gasteiger partial charge on any atom is 0.0476 e. The van der Waals surface area contributed by atoms with Crippen molar-refractivity contribution in [2.45, 2.75) is 20.4 Å². The Bertz CT molecular complexity index is 852. The van der Waals surface area contributed by atoms with E-state index in [0.29, 0.717) is 0 Å². The van der Waals surface area contributed by atoms with E-state index in [0.717, 1.165) is 12.2 Å².